The Morgan fingerprint density at radius 2 is 0.469 bits per heavy atom. The van der Waals surface area contributed by atoms with Gasteiger partial charge in [-0.25, -0.2) is 29.9 Å². The third kappa shape index (κ3) is 10.0. The van der Waals surface area contributed by atoms with Gasteiger partial charge in [-0.05, 0) is 149 Å². The Labute approximate surface area is 565 Å². The average molecular weight is 1250 g/mol. The van der Waals surface area contributed by atoms with Crippen molar-refractivity contribution in [2.24, 2.45) is 0 Å². The van der Waals surface area contributed by atoms with Crippen molar-refractivity contribution in [3.63, 3.8) is 0 Å². The van der Waals surface area contributed by atoms with Crippen molar-refractivity contribution < 1.29 is 9.47 Å². The molecule has 8 nitrogen and oxygen atoms in total. The van der Waals surface area contributed by atoms with Gasteiger partial charge in [0, 0.05) is 55.3 Å². The van der Waals surface area contributed by atoms with Crippen molar-refractivity contribution in [1.82, 2.24) is 29.9 Å². The molecule has 0 radical (unpaired) electrons. The van der Waals surface area contributed by atoms with Crippen molar-refractivity contribution in [1.29, 1.82) is 0 Å². The normalized spacial score (nSPS) is 11.8. The second kappa shape index (κ2) is 23.3. The zero-order valence-electron chi connectivity index (χ0n) is 52.7. The quantitative estimate of drug-likeness (QED) is 0.126. The molecule has 0 saturated carbocycles. The summed E-state index contributed by atoms with van der Waals surface area (Å²) in [6.45, 7) is 0. The average Bonchev–Trinajstić information content (AvgIpc) is 0.743. The Morgan fingerprint density at radius 1 is 0.163 bits per heavy atom. The molecule has 0 unspecified atom stereocenters. The summed E-state index contributed by atoms with van der Waals surface area (Å²) in [7, 11) is 0. The van der Waals surface area contributed by atoms with E-state index in [9.17, 15) is 0 Å². The van der Waals surface area contributed by atoms with Crippen LogP contribution in [0.4, 0.5) is 0 Å². The van der Waals surface area contributed by atoms with E-state index < -0.39 is 0 Å². The first-order chi connectivity index (χ1) is 48.5. The molecule has 2 aliphatic rings. The van der Waals surface area contributed by atoms with Crippen LogP contribution in [-0.4, -0.2) is 29.9 Å². The molecule has 15 aromatic carbocycles. The minimum absolute atomic E-state index is 0.585. The first-order valence-corrected chi connectivity index (χ1v) is 32.9. The molecule has 17 aromatic rings. The van der Waals surface area contributed by atoms with E-state index in [-0.39, 0.29) is 0 Å². The van der Waals surface area contributed by atoms with Gasteiger partial charge in [0.25, 0.3) is 0 Å². The van der Waals surface area contributed by atoms with Crippen LogP contribution in [0, 0.1) is 0 Å². The van der Waals surface area contributed by atoms with Gasteiger partial charge in [-0.2, -0.15) is 0 Å². The van der Waals surface area contributed by atoms with Gasteiger partial charge in [0.05, 0.1) is 0 Å². The molecule has 2 aliphatic heterocycles. The predicted octanol–water partition coefficient (Wildman–Crippen LogP) is 23.4. The third-order valence-corrected chi connectivity index (χ3v) is 19.0. The van der Waals surface area contributed by atoms with Crippen LogP contribution in [0.5, 0.6) is 23.0 Å². The van der Waals surface area contributed by atoms with Crippen molar-refractivity contribution in [2.45, 2.75) is 0 Å². The lowest BCUT2D eigenvalue weighted by atomic mass is 9.90. The van der Waals surface area contributed by atoms with E-state index >= 15 is 0 Å². The van der Waals surface area contributed by atoms with E-state index in [1.165, 1.54) is 21.9 Å². The molecule has 0 saturated heterocycles. The maximum atomic E-state index is 6.83. The fraction of sp³-hybridized carbons (Fsp3) is 0. The monoisotopic (exact) mass is 1250 g/mol. The molecule has 2 aromatic heterocycles. The van der Waals surface area contributed by atoms with E-state index in [1.807, 2.05) is 97.1 Å². The van der Waals surface area contributed by atoms with Crippen LogP contribution in [-0.2, 0) is 0 Å². The van der Waals surface area contributed by atoms with Crippen molar-refractivity contribution in [3.8, 4) is 169 Å². The molecule has 0 N–H and O–H groups in total. The second-order valence-corrected chi connectivity index (χ2v) is 24.9. The first-order valence-electron chi connectivity index (χ1n) is 32.9. The molecule has 0 aliphatic carbocycles. The molecule has 98 heavy (non-hydrogen) atoms. The van der Waals surface area contributed by atoms with Gasteiger partial charge >= 0.3 is 0 Å². The van der Waals surface area contributed by atoms with E-state index in [1.54, 1.807) is 0 Å². The van der Waals surface area contributed by atoms with Crippen molar-refractivity contribution in [3.05, 3.63) is 328 Å². The molecule has 19 rings (SSSR count). The number of rotatable bonds is 11. The number of nitrogens with zero attached hydrogens (tertiary/aromatic N) is 6. The van der Waals surface area contributed by atoms with Crippen LogP contribution in [0.2, 0.25) is 0 Å². The number of fused-ring (bicyclic) bond motifs is 5. The van der Waals surface area contributed by atoms with Gasteiger partial charge < -0.3 is 9.47 Å². The topological polar surface area (TPSA) is 95.8 Å². The van der Waals surface area contributed by atoms with E-state index in [4.69, 9.17) is 39.4 Å². The van der Waals surface area contributed by atoms with Crippen molar-refractivity contribution >= 4 is 32.3 Å². The summed E-state index contributed by atoms with van der Waals surface area (Å²) in [5, 5.41) is 6.54. The molecule has 0 fully saturated rings. The molecule has 0 atom stereocenters. The first kappa shape index (κ1) is 56.3. The van der Waals surface area contributed by atoms with Crippen LogP contribution in [0.25, 0.3) is 179 Å². The van der Waals surface area contributed by atoms with Crippen LogP contribution in [0.1, 0.15) is 0 Å². The highest BCUT2D eigenvalue weighted by Crippen LogP contribution is 2.52. The van der Waals surface area contributed by atoms with Crippen LogP contribution >= 0.6 is 0 Å². The highest BCUT2D eigenvalue weighted by atomic mass is 16.5. The number of hydrogen-bond donors (Lipinski definition) is 0. The highest BCUT2D eigenvalue weighted by molar-refractivity contribution is 6.11. The summed E-state index contributed by atoms with van der Waals surface area (Å²) < 4.78 is 13.7. The maximum absolute atomic E-state index is 6.83. The Hall–Kier alpha value is -13.3. The van der Waals surface area contributed by atoms with Gasteiger partial charge in [0.2, 0.25) is 0 Å². The predicted molar refractivity (Wildman–Crippen MR) is 397 cm³/mol. The minimum atomic E-state index is 0.585. The zero-order valence-corrected chi connectivity index (χ0v) is 52.7. The fourth-order valence-corrected chi connectivity index (χ4v) is 14.1. The van der Waals surface area contributed by atoms with E-state index in [0.29, 0.717) is 34.9 Å². The smallest absolute Gasteiger partial charge is 0.164 e. The summed E-state index contributed by atoms with van der Waals surface area (Å²) in [5.74, 6) is 6.83. The van der Waals surface area contributed by atoms with Crippen LogP contribution in [0.15, 0.2) is 328 Å². The van der Waals surface area contributed by atoms with Crippen LogP contribution in [0.3, 0.4) is 0 Å². The number of hydrogen-bond acceptors (Lipinski definition) is 8. The van der Waals surface area contributed by atoms with Gasteiger partial charge in [0.1, 0.15) is 23.0 Å². The lowest BCUT2D eigenvalue weighted by Gasteiger charge is -2.23. The van der Waals surface area contributed by atoms with Crippen molar-refractivity contribution in [2.75, 3.05) is 0 Å². The van der Waals surface area contributed by atoms with Gasteiger partial charge in [-0.1, -0.05) is 267 Å². The molecule has 8 heteroatoms. The molecular weight excluding hydrogens is 1200 g/mol. The fourth-order valence-electron chi connectivity index (χ4n) is 14.1. The molecule has 4 heterocycles. The van der Waals surface area contributed by atoms with Gasteiger partial charge in [-0.15, -0.1) is 0 Å². The molecule has 456 valence electrons. The summed E-state index contributed by atoms with van der Waals surface area (Å²) in [4.78, 5) is 30.7. The maximum Gasteiger partial charge on any atom is 0.164 e. The molecular formula is C90H54N6O2. The lowest BCUT2D eigenvalue weighted by Crippen LogP contribution is -2.02. The summed E-state index contributed by atoms with van der Waals surface area (Å²) in [6, 6.07) is 114. The Balaban J connectivity index is 0.583. The van der Waals surface area contributed by atoms with Gasteiger partial charge in [-0.3, -0.25) is 0 Å². The third-order valence-electron chi connectivity index (χ3n) is 19.0. The number of benzene rings is 15. The minimum Gasteiger partial charge on any atom is -0.456 e. The molecule has 0 spiro atoms. The van der Waals surface area contributed by atoms with E-state index in [2.05, 4.69) is 231 Å². The Kier molecular flexibility index (Phi) is 13.4. The second-order valence-electron chi connectivity index (χ2n) is 24.9. The SMILES string of the molecule is c1ccc(-c2nc(-c3ccc(-c4ccc(-c5cccc(-c6ccc7c(c6)Oc6ccc(-c8nc(-c9ccccc9)nc(-c9ccccc9)n8)c8cccc-7c68)c5)cc4)cc3)nc(-c3ccc4c5c(cccc35)-c3ccc(-c5ccc(-c6ccc7ccccc7c6)cc5)cc3O4)n2)cc1. The lowest BCUT2D eigenvalue weighted by molar-refractivity contribution is 0.487. The largest absolute Gasteiger partial charge is 0.456 e. The van der Waals surface area contributed by atoms with Crippen LogP contribution < -0.4 is 9.47 Å². The molecule has 0 amide bonds. The number of ether oxygens (including phenoxy) is 2. The number of aromatic nitrogens is 6. The van der Waals surface area contributed by atoms with Gasteiger partial charge in [0.15, 0.2) is 34.9 Å². The summed E-state index contributed by atoms with van der Waals surface area (Å²) in [5.41, 5.74) is 20.9. The highest BCUT2D eigenvalue weighted by Gasteiger charge is 2.27. The summed E-state index contributed by atoms with van der Waals surface area (Å²) >= 11 is 0. The standard InChI is InChI=1S/C90H54N6O2/c1-4-16-61(17-5-1)85-91-86(62-18-6-2-7-19-62)94-89(93-85)77-47-50-80-84-74(26-14-27-75(77)84)72-46-44-70(54-82(72)98-80)67-24-12-23-66(51-67)58-31-29-56(30-32-58)57-37-40-64(41-38-57)88-92-87(63-20-8-3-9-21-63)95-90(96-88)78-48-49-79-83-73(25-13-28-76(78)83)71-45-43-69(53-81(71)97-79)60-35-33-59(34-36-60)68-42-39-55-15-10-11-22-65(55)52-68/h1-54H. The summed E-state index contributed by atoms with van der Waals surface area (Å²) in [6.07, 6.45) is 0. The zero-order chi connectivity index (χ0) is 64.6. The van der Waals surface area contributed by atoms with E-state index in [0.717, 1.165) is 145 Å². The molecule has 0 bridgehead atoms. The Morgan fingerprint density at radius 3 is 0.929 bits per heavy atom. The Bertz CT molecular complexity index is 5970.